The van der Waals surface area contributed by atoms with Crippen LogP contribution in [0.5, 0.6) is 0 Å². The smallest absolute Gasteiger partial charge is 0.320 e. The number of aliphatic imine (C=N–C) groups is 1. The summed E-state index contributed by atoms with van der Waals surface area (Å²) in [6, 6.07) is 13.1. The van der Waals surface area contributed by atoms with Gasteiger partial charge in [0.1, 0.15) is 17.8 Å². The Balaban J connectivity index is 1.62. The number of hydrogen-bond acceptors (Lipinski definition) is 4. The summed E-state index contributed by atoms with van der Waals surface area (Å²) in [5, 5.41) is 0.930. The number of nitrogens with zero attached hydrogens (tertiary/aromatic N) is 2. The summed E-state index contributed by atoms with van der Waals surface area (Å²) in [6.07, 6.45) is 7.22. The van der Waals surface area contributed by atoms with E-state index >= 15 is 0 Å². The van der Waals surface area contributed by atoms with Crippen LogP contribution < -0.4 is 0 Å². The number of hydrogen-bond donors (Lipinski definition) is 0. The highest BCUT2D eigenvalue weighted by atomic mass is 19.1. The topological polar surface area (TPSA) is 60.7 Å². The standard InChI is InChI=1S/C26H25FN2O3/c27-18-12-10-17(11-13-18)25(30)29-23-9-5-4-8-20(23)21-14-15-28-16-22(24(21)29)26(31)32-19-6-2-1-3-7-19/h4-5,8-13,16,19,22H,1-3,6-7,14-15H2. The van der Waals surface area contributed by atoms with Gasteiger partial charge in [0.05, 0.1) is 5.52 Å². The Morgan fingerprint density at radius 2 is 1.75 bits per heavy atom. The Morgan fingerprint density at radius 3 is 2.53 bits per heavy atom. The molecule has 3 aromatic rings. The second-order valence-electron chi connectivity index (χ2n) is 8.51. The zero-order valence-corrected chi connectivity index (χ0v) is 17.8. The van der Waals surface area contributed by atoms with Crippen molar-refractivity contribution < 1.29 is 18.7 Å². The lowest BCUT2D eigenvalue weighted by molar-refractivity contribution is -0.150. The van der Waals surface area contributed by atoms with E-state index < -0.39 is 11.7 Å². The average molecular weight is 432 g/mol. The second-order valence-corrected chi connectivity index (χ2v) is 8.51. The summed E-state index contributed by atoms with van der Waals surface area (Å²) in [4.78, 5) is 31.4. The molecule has 1 fully saturated rings. The highest BCUT2D eigenvalue weighted by Gasteiger charge is 2.34. The van der Waals surface area contributed by atoms with Gasteiger partial charge in [0.25, 0.3) is 5.91 Å². The van der Waals surface area contributed by atoms with Crippen molar-refractivity contribution in [2.75, 3.05) is 6.54 Å². The van der Waals surface area contributed by atoms with Crippen LogP contribution in [0.3, 0.4) is 0 Å². The first kappa shape index (κ1) is 20.6. The van der Waals surface area contributed by atoms with E-state index in [-0.39, 0.29) is 18.0 Å². The van der Waals surface area contributed by atoms with Gasteiger partial charge in [-0.15, -0.1) is 0 Å². The molecular formula is C26H25FN2O3. The van der Waals surface area contributed by atoms with Gasteiger partial charge in [-0.05, 0) is 68.0 Å². The molecule has 0 amide bonds. The van der Waals surface area contributed by atoms with Crippen molar-refractivity contribution in [1.29, 1.82) is 0 Å². The van der Waals surface area contributed by atoms with Crippen LogP contribution in [0.4, 0.5) is 4.39 Å². The number of esters is 1. The van der Waals surface area contributed by atoms with Crippen LogP contribution in [-0.2, 0) is 16.0 Å². The molecule has 2 aromatic carbocycles. The fraction of sp³-hybridized carbons (Fsp3) is 0.346. The number of fused-ring (bicyclic) bond motifs is 3. The van der Waals surface area contributed by atoms with Gasteiger partial charge in [0.2, 0.25) is 0 Å². The van der Waals surface area contributed by atoms with E-state index in [0.717, 1.165) is 42.1 Å². The predicted octanol–water partition coefficient (Wildman–Crippen LogP) is 5.06. The molecule has 1 saturated carbocycles. The fourth-order valence-electron chi connectivity index (χ4n) is 4.88. The normalized spacial score (nSPS) is 18.8. The van der Waals surface area contributed by atoms with Crippen molar-refractivity contribution in [3.8, 4) is 0 Å². The number of aromatic nitrogens is 1. The van der Waals surface area contributed by atoms with Crippen LogP contribution in [0.2, 0.25) is 0 Å². The molecule has 0 N–H and O–H groups in total. The van der Waals surface area contributed by atoms with Crippen LogP contribution >= 0.6 is 0 Å². The highest BCUT2D eigenvalue weighted by Crippen LogP contribution is 2.35. The Labute approximate surface area is 185 Å². The number of ether oxygens (including phenoxy) is 1. The lowest BCUT2D eigenvalue weighted by Gasteiger charge is -2.24. The second kappa shape index (κ2) is 8.69. The molecule has 5 nitrogen and oxygen atoms in total. The van der Waals surface area contributed by atoms with E-state index in [9.17, 15) is 14.0 Å². The maximum Gasteiger partial charge on any atom is 0.320 e. The van der Waals surface area contributed by atoms with Crippen molar-refractivity contribution in [1.82, 2.24) is 4.57 Å². The molecule has 1 aromatic heterocycles. The van der Waals surface area contributed by atoms with Crippen LogP contribution in [0.25, 0.3) is 10.9 Å². The molecule has 1 aliphatic heterocycles. The zero-order valence-electron chi connectivity index (χ0n) is 17.8. The maximum absolute atomic E-state index is 13.6. The quantitative estimate of drug-likeness (QED) is 0.544. The lowest BCUT2D eigenvalue weighted by atomic mass is 9.97. The van der Waals surface area contributed by atoms with E-state index in [1.54, 1.807) is 10.8 Å². The lowest BCUT2D eigenvalue weighted by Crippen LogP contribution is -2.28. The predicted molar refractivity (Wildman–Crippen MR) is 121 cm³/mol. The number of carbonyl (C=O) groups is 2. The van der Waals surface area contributed by atoms with Gasteiger partial charge < -0.3 is 4.74 Å². The van der Waals surface area contributed by atoms with E-state index in [1.165, 1.54) is 30.7 Å². The van der Waals surface area contributed by atoms with Crippen LogP contribution in [0.15, 0.2) is 53.5 Å². The Bertz CT molecular complexity index is 1190. The molecule has 0 saturated heterocycles. The van der Waals surface area contributed by atoms with Crippen LogP contribution in [-0.4, -0.2) is 35.3 Å². The monoisotopic (exact) mass is 432 g/mol. The molecule has 1 aliphatic carbocycles. The van der Waals surface area contributed by atoms with Crippen molar-refractivity contribution in [3.05, 3.63) is 71.2 Å². The third-order valence-electron chi connectivity index (χ3n) is 6.44. The molecule has 0 spiro atoms. The molecule has 1 unspecified atom stereocenters. The largest absolute Gasteiger partial charge is 0.462 e. The number of benzene rings is 2. The number of halogens is 1. The molecule has 2 heterocycles. The average Bonchev–Trinajstić information content (AvgIpc) is 2.97. The summed E-state index contributed by atoms with van der Waals surface area (Å²) in [7, 11) is 0. The maximum atomic E-state index is 13.6. The minimum atomic E-state index is -0.758. The minimum Gasteiger partial charge on any atom is -0.462 e. The molecule has 0 bridgehead atoms. The first-order chi connectivity index (χ1) is 15.6. The SMILES string of the molecule is O=C(OC1CCCCC1)C1C=NCCc2c1n(C(=O)c1ccc(F)cc1)c1ccccc21. The molecule has 32 heavy (non-hydrogen) atoms. The summed E-state index contributed by atoms with van der Waals surface area (Å²) in [5.41, 5.74) is 2.65. The van der Waals surface area contributed by atoms with Gasteiger partial charge in [-0.2, -0.15) is 0 Å². The van der Waals surface area contributed by atoms with Crippen molar-refractivity contribution >= 4 is 29.0 Å². The third kappa shape index (κ3) is 3.74. The van der Waals surface area contributed by atoms with E-state index in [4.69, 9.17) is 4.74 Å². The third-order valence-corrected chi connectivity index (χ3v) is 6.44. The molecule has 1 atom stereocenters. The summed E-state index contributed by atoms with van der Waals surface area (Å²) in [6.45, 7) is 0.541. The molecule has 2 aliphatic rings. The summed E-state index contributed by atoms with van der Waals surface area (Å²) < 4.78 is 21.0. The van der Waals surface area contributed by atoms with Gasteiger partial charge in [0.15, 0.2) is 0 Å². The number of para-hydroxylation sites is 1. The number of rotatable bonds is 3. The first-order valence-corrected chi connectivity index (χ1v) is 11.3. The molecular weight excluding hydrogens is 407 g/mol. The van der Waals surface area contributed by atoms with Crippen molar-refractivity contribution in [3.63, 3.8) is 0 Å². The number of carbonyl (C=O) groups excluding carboxylic acids is 2. The Kier molecular flexibility index (Phi) is 5.60. The van der Waals surface area contributed by atoms with Gasteiger partial charge in [-0.1, -0.05) is 24.6 Å². The Morgan fingerprint density at radius 1 is 1.00 bits per heavy atom. The molecule has 164 valence electrons. The van der Waals surface area contributed by atoms with Crippen LogP contribution in [0, 0.1) is 5.82 Å². The van der Waals surface area contributed by atoms with E-state index in [2.05, 4.69) is 4.99 Å². The zero-order chi connectivity index (χ0) is 22.1. The fourth-order valence-corrected chi connectivity index (χ4v) is 4.88. The van der Waals surface area contributed by atoms with Gasteiger partial charge in [0, 0.05) is 29.4 Å². The molecule has 5 rings (SSSR count). The highest BCUT2D eigenvalue weighted by molar-refractivity contribution is 6.07. The van der Waals surface area contributed by atoms with Gasteiger partial charge in [-0.3, -0.25) is 19.1 Å². The Hall–Kier alpha value is -3.28. The summed E-state index contributed by atoms with van der Waals surface area (Å²) >= 11 is 0. The first-order valence-electron chi connectivity index (χ1n) is 11.3. The van der Waals surface area contributed by atoms with Crippen molar-refractivity contribution in [2.24, 2.45) is 4.99 Å². The van der Waals surface area contributed by atoms with Gasteiger partial charge in [-0.25, -0.2) is 4.39 Å². The van der Waals surface area contributed by atoms with E-state index in [1.807, 2.05) is 24.3 Å². The van der Waals surface area contributed by atoms with E-state index in [0.29, 0.717) is 24.2 Å². The van der Waals surface area contributed by atoms with Crippen LogP contribution in [0.1, 0.15) is 59.6 Å². The molecule has 0 radical (unpaired) electrons. The summed E-state index contributed by atoms with van der Waals surface area (Å²) in [5.74, 6) is -1.82. The van der Waals surface area contributed by atoms with Gasteiger partial charge >= 0.3 is 5.97 Å². The van der Waals surface area contributed by atoms with Crippen molar-refractivity contribution in [2.45, 2.75) is 50.5 Å². The minimum absolute atomic E-state index is 0.0815. The molecule has 6 heteroatoms.